The SMILES string of the molecule is COCC1CCCN(CCCCCCS)C1. The average Bonchev–Trinajstić information content (AvgIpc) is 2.30. The van der Waals surface area contributed by atoms with Gasteiger partial charge in [0.15, 0.2) is 0 Å². The summed E-state index contributed by atoms with van der Waals surface area (Å²) in [6, 6.07) is 0. The molecule has 1 fully saturated rings. The van der Waals surface area contributed by atoms with Crippen molar-refractivity contribution >= 4 is 12.6 Å². The molecule has 0 aliphatic carbocycles. The molecule has 0 spiro atoms. The molecule has 0 aromatic heterocycles. The monoisotopic (exact) mass is 245 g/mol. The minimum atomic E-state index is 0.774. The number of hydrogen-bond donors (Lipinski definition) is 1. The number of piperidine rings is 1. The van der Waals surface area contributed by atoms with Crippen LogP contribution in [0.4, 0.5) is 0 Å². The van der Waals surface area contributed by atoms with Crippen molar-refractivity contribution in [2.45, 2.75) is 38.5 Å². The predicted molar refractivity (Wildman–Crippen MR) is 73.4 cm³/mol. The van der Waals surface area contributed by atoms with Crippen LogP contribution in [0, 0.1) is 5.92 Å². The van der Waals surface area contributed by atoms with Crippen LogP contribution in [0.25, 0.3) is 0 Å². The molecular formula is C13H27NOS. The fraction of sp³-hybridized carbons (Fsp3) is 1.00. The number of rotatable bonds is 8. The molecule has 0 aromatic rings. The summed E-state index contributed by atoms with van der Waals surface area (Å²) in [5, 5.41) is 0. The zero-order valence-electron chi connectivity index (χ0n) is 10.7. The fourth-order valence-corrected chi connectivity index (χ4v) is 2.75. The Hall–Kier alpha value is 0.270. The molecule has 1 heterocycles. The quantitative estimate of drug-likeness (QED) is 0.521. The third-order valence-corrected chi connectivity index (χ3v) is 3.70. The van der Waals surface area contributed by atoms with Gasteiger partial charge < -0.3 is 9.64 Å². The third-order valence-electron chi connectivity index (χ3n) is 3.39. The van der Waals surface area contributed by atoms with Gasteiger partial charge in [0, 0.05) is 13.7 Å². The van der Waals surface area contributed by atoms with Gasteiger partial charge in [0.05, 0.1) is 6.61 Å². The van der Waals surface area contributed by atoms with Gasteiger partial charge in [-0.25, -0.2) is 0 Å². The molecule has 0 bridgehead atoms. The Morgan fingerprint density at radius 2 is 2.06 bits per heavy atom. The number of unbranched alkanes of at least 4 members (excludes halogenated alkanes) is 3. The van der Waals surface area contributed by atoms with Crippen molar-refractivity contribution < 1.29 is 4.74 Å². The van der Waals surface area contributed by atoms with Gasteiger partial charge in [-0.1, -0.05) is 12.8 Å². The van der Waals surface area contributed by atoms with Crippen LogP contribution in [0.2, 0.25) is 0 Å². The molecule has 0 radical (unpaired) electrons. The first kappa shape index (κ1) is 14.3. The maximum atomic E-state index is 5.25. The Labute approximate surface area is 106 Å². The van der Waals surface area contributed by atoms with Crippen LogP contribution in [0.3, 0.4) is 0 Å². The standard InChI is InChI=1S/C13H27NOS/c1-15-12-13-7-6-9-14(11-13)8-4-2-3-5-10-16/h13,16H,2-12H2,1H3. The number of ether oxygens (including phenoxy) is 1. The van der Waals surface area contributed by atoms with Crippen molar-refractivity contribution in [2.75, 3.05) is 39.1 Å². The van der Waals surface area contributed by atoms with Crippen LogP contribution in [0.5, 0.6) is 0 Å². The Bertz CT molecular complexity index is 164. The highest BCUT2D eigenvalue weighted by Crippen LogP contribution is 2.17. The molecule has 1 atom stereocenters. The molecule has 0 saturated carbocycles. The van der Waals surface area contributed by atoms with E-state index in [1.54, 1.807) is 0 Å². The van der Waals surface area contributed by atoms with Gasteiger partial charge in [-0.15, -0.1) is 0 Å². The van der Waals surface area contributed by atoms with E-state index in [1.807, 2.05) is 7.11 Å². The second-order valence-electron chi connectivity index (χ2n) is 4.90. The number of hydrogen-bond acceptors (Lipinski definition) is 3. The Morgan fingerprint density at radius 3 is 2.81 bits per heavy atom. The first-order chi connectivity index (χ1) is 7.86. The zero-order valence-corrected chi connectivity index (χ0v) is 11.6. The summed E-state index contributed by atoms with van der Waals surface area (Å²) >= 11 is 4.24. The number of likely N-dealkylation sites (tertiary alicyclic amines) is 1. The first-order valence-corrected chi connectivity index (χ1v) is 7.32. The highest BCUT2D eigenvalue weighted by Gasteiger charge is 2.18. The fourth-order valence-electron chi connectivity index (χ4n) is 2.53. The van der Waals surface area contributed by atoms with Crippen molar-refractivity contribution in [3.63, 3.8) is 0 Å². The van der Waals surface area contributed by atoms with E-state index in [9.17, 15) is 0 Å². The molecule has 2 nitrogen and oxygen atoms in total. The Morgan fingerprint density at radius 1 is 1.25 bits per heavy atom. The number of methoxy groups -OCH3 is 1. The van der Waals surface area contributed by atoms with Gasteiger partial charge in [-0.2, -0.15) is 12.6 Å². The molecule has 1 rings (SSSR count). The summed E-state index contributed by atoms with van der Waals surface area (Å²) in [4.78, 5) is 2.62. The van der Waals surface area contributed by atoms with Crippen LogP contribution in [0.1, 0.15) is 38.5 Å². The van der Waals surface area contributed by atoms with Gasteiger partial charge >= 0.3 is 0 Å². The van der Waals surface area contributed by atoms with Gasteiger partial charge in [0.2, 0.25) is 0 Å². The van der Waals surface area contributed by atoms with E-state index in [0.717, 1.165) is 18.3 Å². The zero-order chi connectivity index (χ0) is 11.6. The van der Waals surface area contributed by atoms with Gasteiger partial charge in [-0.05, 0) is 50.4 Å². The van der Waals surface area contributed by atoms with Crippen LogP contribution in [-0.4, -0.2) is 44.0 Å². The summed E-state index contributed by atoms with van der Waals surface area (Å²) in [6.45, 7) is 4.77. The van der Waals surface area contributed by atoms with Crippen molar-refractivity contribution in [1.29, 1.82) is 0 Å². The maximum Gasteiger partial charge on any atom is 0.0502 e. The highest BCUT2D eigenvalue weighted by molar-refractivity contribution is 7.80. The lowest BCUT2D eigenvalue weighted by atomic mass is 9.98. The van der Waals surface area contributed by atoms with E-state index in [2.05, 4.69) is 17.5 Å². The van der Waals surface area contributed by atoms with Crippen molar-refractivity contribution in [3.05, 3.63) is 0 Å². The van der Waals surface area contributed by atoms with Crippen molar-refractivity contribution in [1.82, 2.24) is 4.90 Å². The first-order valence-electron chi connectivity index (χ1n) is 6.69. The summed E-state index contributed by atoms with van der Waals surface area (Å²) in [5.41, 5.74) is 0. The van der Waals surface area contributed by atoms with Gasteiger partial charge in [0.1, 0.15) is 0 Å². The molecule has 1 aliphatic rings. The van der Waals surface area contributed by atoms with E-state index in [-0.39, 0.29) is 0 Å². The molecule has 96 valence electrons. The Kier molecular flexibility index (Phi) is 8.34. The lowest BCUT2D eigenvalue weighted by Crippen LogP contribution is -2.37. The molecule has 16 heavy (non-hydrogen) atoms. The lowest BCUT2D eigenvalue weighted by Gasteiger charge is -2.32. The summed E-state index contributed by atoms with van der Waals surface area (Å²) in [5.74, 6) is 1.82. The molecule has 3 heteroatoms. The molecule has 1 unspecified atom stereocenters. The molecule has 0 N–H and O–H groups in total. The van der Waals surface area contributed by atoms with E-state index < -0.39 is 0 Å². The van der Waals surface area contributed by atoms with Gasteiger partial charge in [0.25, 0.3) is 0 Å². The molecule has 0 aromatic carbocycles. The summed E-state index contributed by atoms with van der Waals surface area (Å²) in [7, 11) is 1.82. The minimum absolute atomic E-state index is 0.774. The summed E-state index contributed by atoms with van der Waals surface area (Å²) in [6.07, 6.45) is 8.04. The van der Waals surface area contributed by atoms with E-state index in [1.165, 1.54) is 58.2 Å². The van der Waals surface area contributed by atoms with Gasteiger partial charge in [-0.3, -0.25) is 0 Å². The normalized spacial score (nSPS) is 22.5. The smallest absolute Gasteiger partial charge is 0.0502 e. The van der Waals surface area contributed by atoms with Crippen LogP contribution < -0.4 is 0 Å². The topological polar surface area (TPSA) is 12.5 Å². The minimum Gasteiger partial charge on any atom is -0.384 e. The number of nitrogens with zero attached hydrogens (tertiary/aromatic N) is 1. The van der Waals surface area contributed by atoms with E-state index >= 15 is 0 Å². The van der Waals surface area contributed by atoms with E-state index in [4.69, 9.17) is 4.74 Å². The third kappa shape index (κ3) is 6.12. The number of thiol groups is 1. The predicted octanol–water partition coefficient (Wildman–Crippen LogP) is 2.84. The van der Waals surface area contributed by atoms with Crippen molar-refractivity contribution in [2.24, 2.45) is 5.92 Å². The molecule has 1 aliphatic heterocycles. The second kappa shape index (κ2) is 9.32. The molecule has 0 amide bonds. The Balaban J connectivity index is 2.02. The van der Waals surface area contributed by atoms with Crippen molar-refractivity contribution in [3.8, 4) is 0 Å². The molecule has 1 saturated heterocycles. The largest absolute Gasteiger partial charge is 0.384 e. The highest BCUT2D eigenvalue weighted by atomic mass is 32.1. The second-order valence-corrected chi connectivity index (χ2v) is 5.35. The lowest BCUT2D eigenvalue weighted by molar-refractivity contribution is 0.0898. The maximum absolute atomic E-state index is 5.25. The average molecular weight is 245 g/mol. The van der Waals surface area contributed by atoms with Crippen LogP contribution >= 0.6 is 12.6 Å². The van der Waals surface area contributed by atoms with Crippen LogP contribution in [-0.2, 0) is 4.74 Å². The van der Waals surface area contributed by atoms with E-state index in [0.29, 0.717) is 0 Å². The summed E-state index contributed by atoms with van der Waals surface area (Å²) < 4.78 is 5.25. The van der Waals surface area contributed by atoms with Crippen LogP contribution in [0.15, 0.2) is 0 Å². The molecular weight excluding hydrogens is 218 g/mol.